The Hall–Kier alpha value is -1.95. The molecule has 0 spiro atoms. The van der Waals surface area contributed by atoms with Gasteiger partial charge in [0.05, 0.1) is 28.0 Å². The van der Waals surface area contributed by atoms with E-state index >= 15 is 0 Å². The summed E-state index contributed by atoms with van der Waals surface area (Å²) in [6.07, 6.45) is 1.37. The van der Waals surface area contributed by atoms with E-state index in [4.69, 9.17) is 31.0 Å². The van der Waals surface area contributed by atoms with Crippen LogP contribution in [0.25, 0.3) is 32.8 Å². The molecule has 3 atom stereocenters. The summed E-state index contributed by atoms with van der Waals surface area (Å²) in [6.45, 7) is 3.52. The molecule has 146 valence electrons. The molecule has 1 aliphatic carbocycles. The van der Waals surface area contributed by atoms with Crippen LogP contribution < -0.4 is 4.74 Å². The van der Waals surface area contributed by atoms with E-state index in [2.05, 4.69) is 35.0 Å². The second-order valence-corrected chi connectivity index (χ2v) is 9.29. The summed E-state index contributed by atoms with van der Waals surface area (Å²) in [7, 11) is 0. The van der Waals surface area contributed by atoms with Gasteiger partial charge >= 0.3 is 0 Å². The monoisotopic (exact) mass is 468 g/mol. The average Bonchev–Trinajstić information content (AvgIpc) is 3.63. The van der Waals surface area contributed by atoms with E-state index in [-0.39, 0.29) is 6.10 Å². The first-order chi connectivity index (χ1) is 14.1. The van der Waals surface area contributed by atoms with Gasteiger partial charge in [0.15, 0.2) is 5.65 Å². The molecule has 4 nitrogen and oxygen atoms in total. The predicted molar refractivity (Wildman–Crippen MR) is 119 cm³/mol. The Balaban J connectivity index is 1.64. The molecule has 1 aliphatic heterocycles. The van der Waals surface area contributed by atoms with Crippen LogP contribution in [-0.2, 0) is 4.74 Å². The fourth-order valence-corrected chi connectivity index (χ4v) is 5.03. The fraction of sp³-hybridized carbons (Fsp3) is 0.304. The summed E-state index contributed by atoms with van der Waals surface area (Å²) in [4.78, 5) is 9.70. The number of halogens is 2. The Morgan fingerprint density at radius 3 is 2.69 bits per heavy atom. The van der Waals surface area contributed by atoms with Gasteiger partial charge in [0.2, 0.25) is 0 Å². The molecule has 6 rings (SSSR count). The molecular weight excluding hydrogens is 452 g/mol. The van der Waals surface area contributed by atoms with Crippen LogP contribution in [0.4, 0.5) is 0 Å². The normalized spacial score (nSPS) is 23.1. The zero-order chi connectivity index (χ0) is 19.7. The van der Waals surface area contributed by atoms with Crippen molar-refractivity contribution in [1.82, 2.24) is 9.97 Å². The summed E-state index contributed by atoms with van der Waals surface area (Å²) in [5.74, 6) is 2.04. The molecule has 1 saturated heterocycles. The van der Waals surface area contributed by atoms with Gasteiger partial charge in [-0.3, -0.25) is 0 Å². The van der Waals surface area contributed by atoms with Crippen LogP contribution in [0.3, 0.4) is 0 Å². The number of epoxide rings is 1. The van der Waals surface area contributed by atoms with Gasteiger partial charge in [0.1, 0.15) is 18.5 Å². The van der Waals surface area contributed by atoms with Gasteiger partial charge in [-0.05, 0) is 48.1 Å². The maximum Gasteiger partial charge on any atom is 0.165 e. The number of benzene rings is 2. The minimum absolute atomic E-state index is 0.154. The number of nitrogens with zero attached hydrogens (tertiary/aromatic N) is 2. The first-order valence-corrected chi connectivity index (χ1v) is 11.0. The standard InChI is InChI=1S/C23H18BrClN2O2/c1-11-6-14(11)15-8-19-16(7-17(15)24)21(25)20-22(29-10-12-9-28-12)13-4-2-3-5-18(13)26-23(20)27-19/h2-5,7-8,11-12,14H,6,9-10H2,1H3/t11?,12?,14-/m0/s1. The van der Waals surface area contributed by atoms with Crippen molar-refractivity contribution in [2.75, 3.05) is 13.2 Å². The quantitative estimate of drug-likeness (QED) is 0.262. The smallest absolute Gasteiger partial charge is 0.165 e. The van der Waals surface area contributed by atoms with Gasteiger partial charge in [-0.25, -0.2) is 9.97 Å². The Bertz CT molecular complexity index is 1310. The second kappa shape index (κ2) is 6.53. The highest BCUT2D eigenvalue weighted by molar-refractivity contribution is 9.10. The zero-order valence-corrected chi connectivity index (χ0v) is 18.1. The van der Waals surface area contributed by atoms with Crippen LogP contribution in [0.15, 0.2) is 40.9 Å². The van der Waals surface area contributed by atoms with Crippen LogP contribution in [0.5, 0.6) is 5.75 Å². The van der Waals surface area contributed by atoms with Gasteiger partial charge in [0, 0.05) is 15.2 Å². The SMILES string of the molecule is CC1C[C@@H]1c1cc2nc3nc4ccccc4c(OCC4CO4)c3c(Cl)c2cc1Br. The first-order valence-electron chi connectivity index (χ1n) is 9.85. The van der Waals surface area contributed by atoms with E-state index in [1.807, 2.05) is 24.3 Å². The minimum Gasteiger partial charge on any atom is -0.489 e. The number of hydrogen-bond acceptors (Lipinski definition) is 4. The number of aromatic nitrogens is 2. The van der Waals surface area contributed by atoms with Gasteiger partial charge < -0.3 is 9.47 Å². The lowest BCUT2D eigenvalue weighted by Crippen LogP contribution is -2.06. The number of fused-ring (bicyclic) bond motifs is 3. The highest BCUT2D eigenvalue weighted by atomic mass is 79.9. The fourth-order valence-electron chi connectivity index (χ4n) is 4.07. The van der Waals surface area contributed by atoms with Crippen molar-refractivity contribution in [3.8, 4) is 5.75 Å². The third-order valence-electron chi connectivity index (χ3n) is 5.95. The molecule has 2 fully saturated rings. The summed E-state index contributed by atoms with van der Waals surface area (Å²) >= 11 is 10.7. The minimum atomic E-state index is 0.154. The summed E-state index contributed by atoms with van der Waals surface area (Å²) in [5, 5.41) is 3.24. The highest BCUT2D eigenvalue weighted by Crippen LogP contribution is 2.50. The molecule has 29 heavy (non-hydrogen) atoms. The topological polar surface area (TPSA) is 47.5 Å². The molecule has 0 bridgehead atoms. The molecule has 0 radical (unpaired) electrons. The van der Waals surface area contributed by atoms with Crippen molar-refractivity contribution >= 4 is 60.4 Å². The number of para-hydroxylation sites is 1. The van der Waals surface area contributed by atoms with E-state index in [0.717, 1.165) is 44.0 Å². The summed E-state index contributed by atoms with van der Waals surface area (Å²) in [5.41, 5.74) is 3.64. The van der Waals surface area contributed by atoms with Crippen LogP contribution in [-0.4, -0.2) is 29.3 Å². The van der Waals surface area contributed by atoms with Gasteiger partial charge in [-0.1, -0.05) is 46.6 Å². The molecule has 2 aromatic heterocycles. The Morgan fingerprint density at radius 1 is 1.17 bits per heavy atom. The van der Waals surface area contributed by atoms with Crippen molar-refractivity contribution < 1.29 is 9.47 Å². The Labute approximate surface area is 181 Å². The van der Waals surface area contributed by atoms with Crippen molar-refractivity contribution in [1.29, 1.82) is 0 Å². The molecule has 1 saturated carbocycles. The van der Waals surface area contributed by atoms with Gasteiger partial charge in [-0.2, -0.15) is 0 Å². The number of hydrogen-bond donors (Lipinski definition) is 0. The van der Waals surface area contributed by atoms with E-state index in [1.165, 1.54) is 12.0 Å². The largest absolute Gasteiger partial charge is 0.489 e. The van der Waals surface area contributed by atoms with Crippen molar-refractivity contribution in [2.45, 2.75) is 25.4 Å². The number of pyridine rings is 2. The van der Waals surface area contributed by atoms with Crippen LogP contribution in [0.2, 0.25) is 5.02 Å². The van der Waals surface area contributed by atoms with E-state index in [0.29, 0.717) is 29.1 Å². The number of ether oxygens (including phenoxy) is 2. The van der Waals surface area contributed by atoms with Crippen molar-refractivity contribution in [3.05, 3.63) is 51.5 Å². The molecule has 4 aromatic rings. The lowest BCUT2D eigenvalue weighted by Gasteiger charge is -2.15. The lowest BCUT2D eigenvalue weighted by atomic mass is 10.0. The molecule has 3 heterocycles. The zero-order valence-electron chi connectivity index (χ0n) is 15.8. The molecule has 2 aromatic carbocycles. The van der Waals surface area contributed by atoms with Gasteiger partial charge in [0.25, 0.3) is 0 Å². The third kappa shape index (κ3) is 2.98. The van der Waals surface area contributed by atoms with Crippen LogP contribution >= 0.6 is 27.5 Å². The summed E-state index contributed by atoms with van der Waals surface area (Å²) in [6, 6.07) is 12.2. The number of rotatable bonds is 4. The highest BCUT2D eigenvalue weighted by Gasteiger charge is 2.35. The van der Waals surface area contributed by atoms with Gasteiger partial charge in [-0.15, -0.1) is 0 Å². The third-order valence-corrected chi connectivity index (χ3v) is 7.03. The Kier molecular flexibility index (Phi) is 4.02. The maximum atomic E-state index is 6.95. The van der Waals surface area contributed by atoms with E-state index < -0.39 is 0 Å². The predicted octanol–water partition coefficient (Wildman–Crippen LogP) is 6.25. The molecule has 6 heteroatoms. The first kappa shape index (κ1) is 17.9. The molecule has 0 amide bonds. The van der Waals surface area contributed by atoms with Crippen molar-refractivity contribution in [2.24, 2.45) is 5.92 Å². The van der Waals surface area contributed by atoms with Crippen LogP contribution in [0.1, 0.15) is 24.8 Å². The second-order valence-electron chi connectivity index (χ2n) is 8.06. The molecule has 2 unspecified atom stereocenters. The maximum absolute atomic E-state index is 6.95. The molecule has 2 aliphatic rings. The summed E-state index contributed by atoms with van der Waals surface area (Å²) < 4.78 is 12.6. The van der Waals surface area contributed by atoms with Crippen LogP contribution in [0, 0.1) is 5.92 Å². The molecular formula is C23H18BrClN2O2. The van der Waals surface area contributed by atoms with E-state index in [1.54, 1.807) is 0 Å². The molecule has 0 N–H and O–H groups in total. The van der Waals surface area contributed by atoms with E-state index in [9.17, 15) is 0 Å². The Morgan fingerprint density at radius 2 is 1.93 bits per heavy atom. The van der Waals surface area contributed by atoms with Crippen molar-refractivity contribution in [3.63, 3.8) is 0 Å². The average molecular weight is 470 g/mol. The lowest BCUT2D eigenvalue weighted by molar-refractivity contribution is 0.267.